The normalized spacial score (nSPS) is 11.7. The molecular weight excluding hydrogens is 554 g/mol. The first kappa shape index (κ1) is 25.2. The quantitative estimate of drug-likeness (QED) is 0.124. The van der Waals surface area contributed by atoms with Crippen LogP contribution in [0.4, 0.5) is 0 Å². The molecule has 9 aromatic rings. The fourth-order valence-electron chi connectivity index (χ4n) is 6.67. The van der Waals surface area contributed by atoms with E-state index in [9.17, 15) is 0 Å². The van der Waals surface area contributed by atoms with Crippen molar-refractivity contribution in [3.63, 3.8) is 0 Å². The smallest absolute Gasteiger partial charge is 0.221 e. The molecule has 9 rings (SSSR count). The summed E-state index contributed by atoms with van der Waals surface area (Å²) < 4.78 is 10.3. The third kappa shape index (κ3) is 3.72. The van der Waals surface area contributed by atoms with Gasteiger partial charge in [0, 0.05) is 38.4 Å². The maximum atomic E-state index is 8.57. The van der Waals surface area contributed by atoms with E-state index >= 15 is 0 Å². The first-order chi connectivity index (χ1) is 22.2. The highest BCUT2D eigenvalue weighted by molar-refractivity contribution is 6.24. The number of hydrogen-bond donors (Lipinski definition) is 2. The number of imidazole rings is 1. The Morgan fingerprint density at radius 2 is 1.07 bits per heavy atom. The average Bonchev–Trinajstić information content (AvgIpc) is 3.65. The predicted molar refractivity (Wildman–Crippen MR) is 183 cm³/mol. The molecule has 6 heteroatoms. The van der Waals surface area contributed by atoms with E-state index in [0.29, 0.717) is 11.1 Å². The number of pyridine rings is 1. The molecule has 3 heterocycles. The molecular formula is C39H25N5O. The van der Waals surface area contributed by atoms with Crippen LogP contribution in [0, 0.1) is 10.8 Å². The number of para-hydroxylation sites is 3. The molecule has 2 N–H and O–H groups in total. The van der Waals surface area contributed by atoms with Gasteiger partial charge in [-0.05, 0) is 60.0 Å². The lowest BCUT2D eigenvalue weighted by Crippen LogP contribution is -2.13. The summed E-state index contributed by atoms with van der Waals surface area (Å²) in [5.41, 5.74) is 8.43. The van der Waals surface area contributed by atoms with Crippen molar-refractivity contribution in [3.05, 3.63) is 151 Å². The maximum Gasteiger partial charge on any atom is 0.221 e. The second-order valence-electron chi connectivity index (χ2n) is 11.2. The van der Waals surface area contributed by atoms with Crippen molar-refractivity contribution in [2.45, 2.75) is 0 Å². The van der Waals surface area contributed by atoms with Crippen LogP contribution in [0.2, 0.25) is 0 Å². The van der Waals surface area contributed by atoms with Crippen molar-refractivity contribution >= 4 is 72.0 Å². The van der Waals surface area contributed by atoms with E-state index in [1.807, 2.05) is 48.5 Å². The molecule has 0 atom stereocenters. The number of ether oxygens (including phenoxy) is 1. The topological polar surface area (TPSA) is 79.2 Å². The van der Waals surface area contributed by atoms with Crippen molar-refractivity contribution in [3.8, 4) is 5.69 Å². The maximum absolute atomic E-state index is 8.57. The Morgan fingerprint density at radius 1 is 0.489 bits per heavy atom. The minimum atomic E-state index is -0.0684. The highest BCUT2D eigenvalue weighted by atomic mass is 16.5. The molecule has 6 aromatic carbocycles. The van der Waals surface area contributed by atoms with Gasteiger partial charge in [0.05, 0.1) is 27.6 Å². The lowest BCUT2D eigenvalue weighted by atomic mass is 10.0. The lowest BCUT2D eigenvalue weighted by molar-refractivity contribution is 0.538. The van der Waals surface area contributed by atoms with E-state index < -0.39 is 0 Å². The molecule has 0 radical (unpaired) electrons. The van der Waals surface area contributed by atoms with Gasteiger partial charge >= 0.3 is 0 Å². The van der Waals surface area contributed by atoms with Gasteiger partial charge in [-0.1, -0.05) is 84.9 Å². The van der Waals surface area contributed by atoms with Gasteiger partial charge < -0.3 is 9.30 Å². The standard InChI is InChI=1S/C39H25N5O/c40-37(24-10-2-1-3-11-24)45-38(41)25-18-20-26(21-19-25)43-33-16-8-6-13-28(33)30-23-22-29-27-12-4-5-14-31(27)39-42-32-15-7-9-17-34(32)44(39)36(29)35(30)43/h1-23,40-41H. The van der Waals surface area contributed by atoms with Gasteiger partial charge in [0.25, 0.3) is 0 Å². The molecule has 0 aliphatic rings. The number of nitrogens with one attached hydrogen (secondary N) is 2. The molecule has 0 unspecified atom stereocenters. The first-order valence-corrected chi connectivity index (χ1v) is 14.8. The summed E-state index contributed by atoms with van der Waals surface area (Å²) >= 11 is 0. The molecule has 0 aliphatic heterocycles. The van der Waals surface area contributed by atoms with Crippen LogP contribution in [-0.4, -0.2) is 25.7 Å². The van der Waals surface area contributed by atoms with Crippen molar-refractivity contribution in [1.82, 2.24) is 14.0 Å². The molecule has 212 valence electrons. The van der Waals surface area contributed by atoms with Crippen molar-refractivity contribution < 1.29 is 4.74 Å². The zero-order chi connectivity index (χ0) is 30.1. The van der Waals surface area contributed by atoms with E-state index in [1.165, 1.54) is 0 Å². The SMILES string of the molecule is N=C(OC(=N)c1ccc(-n2c3ccccc3c3ccc4c5ccccc5c5nc6ccccc6n5c4c32)cc1)c1ccccc1. The number of rotatable bonds is 3. The van der Waals surface area contributed by atoms with Gasteiger partial charge in [0.1, 0.15) is 5.65 Å². The number of aromatic nitrogens is 3. The number of nitrogens with zero attached hydrogens (tertiary/aromatic N) is 3. The van der Waals surface area contributed by atoms with E-state index in [2.05, 4.69) is 87.8 Å². The van der Waals surface area contributed by atoms with Gasteiger partial charge in [-0.2, -0.15) is 0 Å². The summed E-state index contributed by atoms with van der Waals surface area (Å²) in [6, 6.07) is 46.8. The Balaban J connectivity index is 1.31. The summed E-state index contributed by atoms with van der Waals surface area (Å²) in [6.07, 6.45) is 0. The summed E-state index contributed by atoms with van der Waals surface area (Å²) in [7, 11) is 0. The second kappa shape index (κ2) is 9.62. The lowest BCUT2D eigenvalue weighted by Gasteiger charge is -2.14. The Kier molecular flexibility index (Phi) is 5.40. The molecule has 0 bridgehead atoms. The van der Waals surface area contributed by atoms with Gasteiger partial charge in [-0.15, -0.1) is 0 Å². The van der Waals surface area contributed by atoms with Gasteiger partial charge in [-0.3, -0.25) is 15.2 Å². The number of benzene rings is 6. The third-order valence-electron chi connectivity index (χ3n) is 8.68. The fraction of sp³-hybridized carbons (Fsp3) is 0. The van der Waals surface area contributed by atoms with Crippen LogP contribution >= 0.6 is 0 Å². The Morgan fingerprint density at radius 3 is 1.82 bits per heavy atom. The largest absolute Gasteiger partial charge is 0.421 e. The zero-order valence-electron chi connectivity index (χ0n) is 24.0. The Bertz CT molecular complexity index is 2650. The molecule has 0 fully saturated rings. The molecule has 45 heavy (non-hydrogen) atoms. The molecule has 0 saturated carbocycles. The Hall–Kier alpha value is -6.27. The minimum Gasteiger partial charge on any atom is -0.421 e. The fourth-order valence-corrected chi connectivity index (χ4v) is 6.67. The van der Waals surface area contributed by atoms with E-state index in [4.69, 9.17) is 20.5 Å². The monoisotopic (exact) mass is 579 g/mol. The van der Waals surface area contributed by atoms with Crippen molar-refractivity contribution in [2.75, 3.05) is 0 Å². The predicted octanol–water partition coefficient (Wildman–Crippen LogP) is 9.26. The highest BCUT2D eigenvalue weighted by Crippen LogP contribution is 2.40. The van der Waals surface area contributed by atoms with Crippen LogP contribution in [0.15, 0.2) is 140 Å². The molecule has 0 spiro atoms. The highest BCUT2D eigenvalue weighted by Gasteiger charge is 2.21. The summed E-state index contributed by atoms with van der Waals surface area (Å²) in [6.45, 7) is 0. The van der Waals surface area contributed by atoms with E-state index in [-0.39, 0.29) is 11.8 Å². The van der Waals surface area contributed by atoms with E-state index in [0.717, 1.165) is 65.8 Å². The minimum absolute atomic E-state index is 0.0534. The van der Waals surface area contributed by atoms with Crippen LogP contribution in [0.25, 0.3) is 65.8 Å². The van der Waals surface area contributed by atoms with Gasteiger partial charge in [-0.25, -0.2) is 4.98 Å². The van der Waals surface area contributed by atoms with Crippen LogP contribution in [-0.2, 0) is 4.74 Å². The third-order valence-corrected chi connectivity index (χ3v) is 8.68. The van der Waals surface area contributed by atoms with Gasteiger partial charge in [0.2, 0.25) is 11.8 Å². The zero-order valence-corrected chi connectivity index (χ0v) is 24.0. The molecule has 0 saturated heterocycles. The number of hydrogen-bond acceptors (Lipinski definition) is 4. The Labute approximate surface area is 257 Å². The van der Waals surface area contributed by atoms with E-state index in [1.54, 1.807) is 12.1 Å². The summed E-state index contributed by atoms with van der Waals surface area (Å²) in [5.74, 6) is -0.122. The van der Waals surface area contributed by atoms with Gasteiger partial charge in [0.15, 0.2) is 0 Å². The second-order valence-corrected chi connectivity index (χ2v) is 11.2. The molecule has 6 nitrogen and oxygen atoms in total. The molecule has 0 amide bonds. The van der Waals surface area contributed by atoms with Crippen LogP contribution < -0.4 is 0 Å². The molecule has 0 aliphatic carbocycles. The first-order valence-electron chi connectivity index (χ1n) is 14.8. The number of fused-ring (bicyclic) bond motifs is 12. The van der Waals surface area contributed by atoms with Crippen molar-refractivity contribution in [1.29, 1.82) is 10.8 Å². The van der Waals surface area contributed by atoms with Crippen LogP contribution in [0.1, 0.15) is 11.1 Å². The van der Waals surface area contributed by atoms with Crippen LogP contribution in [0.5, 0.6) is 0 Å². The average molecular weight is 580 g/mol. The molecule has 3 aromatic heterocycles. The van der Waals surface area contributed by atoms with Crippen molar-refractivity contribution in [2.24, 2.45) is 0 Å². The summed E-state index contributed by atoms with van der Waals surface area (Å²) in [4.78, 5) is 5.13. The van der Waals surface area contributed by atoms with Crippen LogP contribution in [0.3, 0.4) is 0 Å². The summed E-state index contributed by atoms with van der Waals surface area (Å²) in [5, 5.41) is 22.6.